The van der Waals surface area contributed by atoms with Crippen molar-refractivity contribution in [1.29, 1.82) is 0 Å². The van der Waals surface area contributed by atoms with Crippen LogP contribution < -0.4 is 15.1 Å². The number of hydrazone groups is 1. The summed E-state index contributed by atoms with van der Waals surface area (Å²) in [6.45, 7) is 8.51. The highest BCUT2D eigenvalue weighted by atomic mass is 16.5. The second kappa shape index (κ2) is 13.4. The number of carbonyl (C=O) groups excluding carboxylic acids is 1. The summed E-state index contributed by atoms with van der Waals surface area (Å²) in [5, 5.41) is 14.2. The first kappa shape index (κ1) is 26.2. The Kier molecular flexibility index (Phi) is 10.7. The van der Waals surface area contributed by atoms with Crippen LogP contribution in [0.15, 0.2) is 47.6 Å². The lowest BCUT2D eigenvalue weighted by Gasteiger charge is -2.21. The summed E-state index contributed by atoms with van der Waals surface area (Å²) in [5.74, 6) is 0.780. The first-order valence-electron chi connectivity index (χ1n) is 11.3. The van der Waals surface area contributed by atoms with Gasteiger partial charge in [0.05, 0.1) is 19.9 Å². The smallest absolute Gasteiger partial charge is 0.254 e. The largest absolute Gasteiger partial charge is 0.507 e. The zero-order valence-electron chi connectivity index (χ0n) is 20.4. The molecule has 0 aliphatic carbocycles. The molecule has 1 amide bonds. The number of phenolic OH excluding ortho intramolecular Hbond substituents is 1. The Bertz CT molecular complexity index is 897. The van der Waals surface area contributed by atoms with Crippen molar-refractivity contribution in [2.75, 3.05) is 58.8 Å². The number of benzene rings is 2. The normalized spacial score (nSPS) is 11.4. The second-order valence-electron chi connectivity index (χ2n) is 8.03. The van der Waals surface area contributed by atoms with Gasteiger partial charge in [-0.15, -0.1) is 0 Å². The molecule has 0 saturated heterocycles. The van der Waals surface area contributed by atoms with Crippen LogP contribution in [0, 0.1) is 0 Å². The average Bonchev–Trinajstić information content (AvgIpc) is 2.80. The fourth-order valence-corrected chi connectivity index (χ4v) is 3.42. The fraction of sp³-hybridized carbons (Fsp3) is 0.440. The Hall–Kier alpha value is -3.10. The van der Waals surface area contributed by atoms with Crippen LogP contribution in [0.5, 0.6) is 11.5 Å². The zero-order chi connectivity index (χ0) is 24.2. The first-order valence-corrected chi connectivity index (χ1v) is 11.3. The van der Waals surface area contributed by atoms with Gasteiger partial charge >= 0.3 is 0 Å². The lowest BCUT2D eigenvalue weighted by molar-refractivity contribution is -0.121. The molecule has 0 unspecified atom stereocenters. The number of hydrogen-bond donors (Lipinski definition) is 2. The van der Waals surface area contributed by atoms with E-state index in [4.69, 9.17) is 4.74 Å². The van der Waals surface area contributed by atoms with Gasteiger partial charge in [0.2, 0.25) is 0 Å². The van der Waals surface area contributed by atoms with Crippen LogP contribution >= 0.6 is 0 Å². The molecule has 0 radical (unpaired) electrons. The Morgan fingerprint density at radius 1 is 1.06 bits per heavy atom. The van der Waals surface area contributed by atoms with Gasteiger partial charge in [-0.05, 0) is 57.8 Å². The average molecular weight is 456 g/mol. The second-order valence-corrected chi connectivity index (χ2v) is 8.03. The maximum Gasteiger partial charge on any atom is 0.254 e. The fourth-order valence-electron chi connectivity index (χ4n) is 3.42. The molecule has 0 aliphatic rings. The molecule has 0 aromatic heterocycles. The van der Waals surface area contributed by atoms with E-state index in [1.165, 1.54) is 11.8 Å². The van der Waals surface area contributed by atoms with Crippen LogP contribution in [0.3, 0.4) is 0 Å². The van der Waals surface area contributed by atoms with Crippen LogP contribution in [-0.2, 0) is 11.3 Å². The predicted molar refractivity (Wildman–Crippen MR) is 134 cm³/mol. The lowest BCUT2D eigenvalue weighted by Crippen LogP contribution is -2.37. The number of hydrogen-bond acceptors (Lipinski definition) is 7. The van der Waals surface area contributed by atoms with E-state index < -0.39 is 0 Å². The number of nitrogens with zero attached hydrogens (tertiary/aromatic N) is 4. The molecule has 8 nitrogen and oxygen atoms in total. The van der Waals surface area contributed by atoms with Crippen molar-refractivity contribution in [3.8, 4) is 11.5 Å². The molecule has 2 N–H and O–H groups in total. The van der Waals surface area contributed by atoms with Gasteiger partial charge in [0.25, 0.3) is 5.91 Å². The van der Waals surface area contributed by atoms with E-state index in [1.807, 2.05) is 30.1 Å². The SMILES string of the molecule is CCN(CC)c1ccc(/C=N/NC(=O)CN(C)CCN(C)Cc2ccc(OC)cc2)c(O)c1. The van der Waals surface area contributed by atoms with Gasteiger partial charge in [0, 0.05) is 50.0 Å². The number of amides is 1. The van der Waals surface area contributed by atoms with Crippen molar-refractivity contribution in [3.63, 3.8) is 0 Å². The highest BCUT2D eigenvalue weighted by Crippen LogP contribution is 2.23. The molecule has 0 saturated carbocycles. The van der Waals surface area contributed by atoms with Crippen LogP contribution in [0.2, 0.25) is 0 Å². The van der Waals surface area contributed by atoms with Gasteiger partial charge in [0.1, 0.15) is 11.5 Å². The van der Waals surface area contributed by atoms with Gasteiger partial charge < -0.3 is 19.6 Å². The number of carbonyl (C=O) groups is 1. The standard InChI is InChI=1S/C25H37N5O3/c1-6-30(7-2)22-11-10-21(24(31)16-22)17-26-27-25(32)19-29(4)15-14-28(3)18-20-8-12-23(33-5)13-9-20/h8-13,16-17,31H,6-7,14-15,18-19H2,1-5H3,(H,27,32)/b26-17+. The Morgan fingerprint density at radius 2 is 1.73 bits per heavy atom. The van der Waals surface area contributed by atoms with Crippen molar-refractivity contribution >= 4 is 17.8 Å². The summed E-state index contributed by atoms with van der Waals surface area (Å²) < 4.78 is 5.19. The number of likely N-dealkylation sites (N-methyl/N-ethyl adjacent to an activating group) is 2. The number of rotatable bonds is 13. The van der Waals surface area contributed by atoms with Gasteiger partial charge in [0.15, 0.2) is 0 Å². The first-order chi connectivity index (χ1) is 15.9. The molecule has 0 atom stereocenters. The summed E-state index contributed by atoms with van der Waals surface area (Å²) in [6.07, 6.45) is 1.46. The topological polar surface area (TPSA) is 80.6 Å². The summed E-state index contributed by atoms with van der Waals surface area (Å²) in [6, 6.07) is 13.5. The minimum Gasteiger partial charge on any atom is -0.507 e. The third kappa shape index (κ3) is 8.75. The monoisotopic (exact) mass is 455 g/mol. The zero-order valence-corrected chi connectivity index (χ0v) is 20.4. The van der Waals surface area contributed by atoms with Crippen LogP contribution in [0.1, 0.15) is 25.0 Å². The third-order valence-corrected chi connectivity index (χ3v) is 5.42. The number of phenols is 1. The van der Waals surface area contributed by atoms with Crippen molar-refractivity contribution in [3.05, 3.63) is 53.6 Å². The van der Waals surface area contributed by atoms with Gasteiger partial charge in [-0.2, -0.15) is 5.10 Å². The van der Waals surface area contributed by atoms with E-state index >= 15 is 0 Å². The number of aromatic hydroxyl groups is 1. The molecular weight excluding hydrogens is 418 g/mol. The van der Waals surface area contributed by atoms with Gasteiger partial charge in [-0.25, -0.2) is 5.43 Å². The predicted octanol–water partition coefficient (Wildman–Crippen LogP) is 2.76. The number of anilines is 1. The maximum atomic E-state index is 12.2. The molecular formula is C25H37N5O3. The maximum absolute atomic E-state index is 12.2. The van der Waals surface area contributed by atoms with Crippen LogP contribution in [0.25, 0.3) is 0 Å². The third-order valence-electron chi connectivity index (χ3n) is 5.42. The lowest BCUT2D eigenvalue weighted by atomic mass is 10.2. The molecule has 8 heteroatoms. The van der Waals surface area contributed by atoms with Crippen molar-refractivity contribution < 1.29 is 14.6 Å². The molecule has 33 heavy (non-hydrogen) atoms. The highest BCUT2D eigenvalue weighted by Gasteiger charge is 2.09. The van der Waals surface area contributed by atoms with E-state index in [-0.39, 0.29) is 18.2 Å². The summed E-state index contributed by atoms with van der Waals surface area (Å²) in [7, 11) is 5.62. The van der Waals surface area contributed by atoms with E-state index in [0.717, 1.165) is 44.2 Å². The Labute approximate surface area is 197 Å². The summed E-state index contributed by atoms with van der Waals surface area (Å²) >= 11 is 0. The number of nitrogens with one attached hydrogen (secondary N) is 1. The number of methoxy groups -OCH3 is 1. The molecule has 2 aromatic rings. The number of ether oxygens (including phenoxy) is 1. The molecule has 0 aliphatic heterocycles. The van der Waals surface area contributed by atoms with Crippen molar-refractivity contribution in [1.82, 2.24) is 15.2 Å². The Balaban J connectivity index is 1.74. The van der Waals surface area contributed by atoms with E-state index in [1.54, 1.807) is 19.2 Å². The van der Waals surface area contributed by atoms with Crippen LogP contribution in [0.4, 0.5) is 5.69 Å². The molecule has 180 valence electrons. The van der Waals surface area contributed by atoms with Crippen LogP contribution in [-0.4, -0.2) is 81.0 Å². The van der Waals surface area contributed by atoms with E-state index in [0.29, 0.717) is 5.56 Å². The molecule has 0 heterocycles. The summed E-state index contributed by atoms with van der Waals surface area (Å²) in [5.41, 5.74) is 5.25. The molecule has 0 fully saturated rings. The highest BCUT2D eigenvalue weighted by molar-refractivity contribution is 5.86. The van der Waals surface area contributed by atoms with Crippen molar-refractivity contribution in [2.45, 2.75) is 20.4 Å². The molecule has 0 bridgehead atoms. The quantitative estimate of drug-likeness (QED) is 0.357. The summed E-state index contributed by atoms with van der Waals surface area (Å²) in [4.78, 5) is 18.5. The molecule has 0 spiro atoms. The Morgan fingerprint density at radius 3 is 2.33 bits per heavy atom. The van der Waals surface area contributed by atoms with Gasteiger partial charge in [-0.3, -0.25) is 9.69 Å². The minimum atomic E-state index is -0.203. The van der Waals surface area contributed by atoms with Crippen molar-refractivity contribution in [2.24, 2.45) is 5.10 Å². The minimum absolute atomic E-state index is 0.134. The molecule has 2 aromatic carbocycles. The van der Waals surface area contributed by atoms with E-state index in [9.17, 15) is 9.90 Å². The van der Waals surface area contributed by atoms with Gasteiger partial charge in [-0.1, -0.05) is 12.1 Å². The molecule has 2 rings (SSSR count). The van der Waals surface area contributed by atoms with E-state index in [2.05, 4.69) is 53.4 Å².